The van der Waals surface area contributed by atoms with Crippen LogP contribution in [0, 0.1) is 0 Å². The molecule has 4 aromatic rings. The van der Waals surface area contributed by atoms with Gasteiger partial charge in [-0.3, -0.25) is 0 Å². The standard InChI is InChI=1S/C21H21N3O2S/c1-22-14-6-8-15(9-7-14)25-20-19-16(11-27-21(19)24-12-23-20)18-10-13-4-2-3-5-17(13)26-18/h2-5,10-12,14-15,22H,6-9H2,1H3. The predicted octanol–water partition coefficient (Wildman–Crippen LogP) is 5.01. The summed E-state index contributed by atoms with van der Waals surface area (Å²) in [6, 6.07) is 10.7. The van der Waals surface area contributed by atoms with Crippen LogP contribution >= 0.6 is 11.3 Å². The lowest BCUT2D eigenvalue weighted by atomic mass is 9.93. The first kappa shape index (κ1) is 16.7. The van der Waals surface area contributed by atoms with Gasteiger partial charge in [-0.05, 0) is 44.9 Å². The van der Waals surface area contributed by atoms with Gasteiger partial charge in [-0.2, -0.15) is 0 Å². The molecule has 3 aromatic heterocycles. The first-order valence-electron chi connectivity index (χ1n) is 9.37. The minimum atomic E-state index is 0.205. The summed E-state index contributed by atoms with van der Waals surface area (Å²) in [6.45, 7) is 0. The van der Waals surface area contributed by atoms with E-state index in [1.807, 2.05) is 25.2 Å². The van der Waals surface area contributed by atoms with Crippen LogP contribution in [0.25, 0.3) is 32.5 Å². The maximum absolute atomic E-state index is 6.34. The quantitative estimate of drug-likeness (QED) is 0.540. The van der Waals surface area contributed by atoms with Crippen molar-refractivity contribution in [3.05, 3.63) is 42.0 Å². The summed E-state index contributed by atoms with van der Waals surface area (Å²) in [5.41, 5.74) is 1.89. The summed E-state index contributed by atoms with van der Waals surface area (Å²) in [5, 5.41) is 7.50. The van der Waals surface area contributed by atoms with Crippen molar-refractivity contribution in [2.24, 2.45) is 0 Å². The van der Waals surface area contributed by atoms with Gasteiger partial charge in [0.2, 0.25) is 5.88 Å². The molecule has 1 N–H and O–H groups in total. The molecule has 0 aliphatic heterocycles. The fourth-order valence-corrected chi connectivity index (χ4v) is 4.75. The minimum Gasteiger partial charge on any atom is -0.474 e. The van der Waals surface area contributed by atoms with Crippen molar-refractivity contribution in [3.63, 3.8) is 0 Å². The van der Waals surface area contributed by atoms with Gasteiger partial charge in [-0.1, -0.05) is 18.2 Å². The number of aromatic nitrogens is 2. The van der Waals surface area contributed by atoms with E-state index in [0.29, 0.717) is 11.9 Å². The number of ether oxygens (including phenoxy) is 1. The van der Waals surface area contributed by atoms with Crippen LogP contribution < -0.4 is 10.1 Å². The predicted molar refractivity (Wildman–Crippen MR) is 108 cm³/mol. The van der Waals surface area contributed by atoms with E-state index in [1.165, 1.54) is 0 Å². The van der Waals surface area contributed by atoms with Gasteiger partial charge in [-0.15, -0.1) is 11.3 Å². The molecule has 1 aromatic carbocycles. The number of fused-ring (bicyclic) bond motifs is 2. The molecular weight excluding hydrogens is 358 g/mol. The second-order valence-corrected chi connectivity index (χ2v) is 7.90. The number of nitrogens with zero attached hydrogens (tertiary/aromatic N) is 2. The molecule has 0 radical (unpaired) electrons. The number of rotatable bonds is 4. The Morgan fingerprint density at radius 1 is 1.15 bits per heavy atom. The van der Waals surface area contributed by atoms with Crippen molar-refractivity contribution in [1.29, 1.82) is 0 Å². The van der Waals surface area contributed by atoms with E-state index in [9.17, 15) is 0 Å². The zero-order valence-corrected chi connectivity index (χ0v) is 16.0. The highest BCUT2D eigenvalue weighted by Gasteiger charge is 2.24. The Bertz CT molecular complexity index is 1050. The van der Waals surface area contributed by atoms with Gasteiger partial charge in [0.05, 0.1) is 5.39 Å². The number of hydrogen-bond acceptors (Lipinski definition) is 6. The van der Waals surface area contributed by atoms with E-state index in [0.717, 1.165) is 58.2 Å². The van der Waals surface area contributed by atoms with Gasteiger partial charge in [0.15, 0.2) is 0 Å². The molecule has 5 nitrogen and oxygen atoms in total. The van der Waals surface area contributed by atoms with Gasteiger partial charge < -0.3 is 14.5 Å². The lowest BCUT2D eigenvalue weighted by Gasteiger charge is -2.28. The van der Waals surface area contributed by atoms with Crippen molar-refractivity contribution in [2.75, 3.05) is 7.05 Å². The van der Waals surface area contributed by atoms with Gasteiger partial charge in [0.25, 0.3) is 0 Å². The monoisotopic (exact) mass is 379 g/mol. The SMILES string of the molecule is CNC1CCC(Oc2ncnc3scc(-c4cc5ccccc5o4)c23)CC1. The second kappa shape index (κ2) is 6.94. The van der Waals surface area contributed by atoms with Crippen molar-refractivity contribution >= 4 is 32.5 Å². The average molecular weight is 379 g/mol. The lowest BCUT2D eigenvalue weighted by molar-refractivity contribution is 0.138. The molecule has 0 atom stereocenters. The van der Waals surface area contributed by atoms with Crippen molar-refractivity contribution < 1.29 is 9.15 Å². The van der Waals surface area contributed by atoms with E-state index < -0.39 is 0 Å². The Balaban J connectivity index is 1.51. The lowest BCUT2D eigenvalue weighted by Crippen LogP contribution is -2.34. The summed E-state index contributed by atoms with van der Waals surface area (Å²) >= 11 is 1.60. The number of hydrogen-bond donors (Lipinski definition) is 1. The number of thiophene rings is 1. The summed E-state index contributed by atoms with van der Waals surface area (Å²) in [4.78, 5) is 9.83. The van der Waals surface area contributed by atoms with Crippen molar-refractivity contribution in [1.82, 2.24) is 15.3 Å². The van der Waals surface area contributed by atoms with Crippen molar-refractivity contribution in [2.45, 2.75) is 37.8 Å². The van der Waals surface area contributed by atoms with Gasteiger partial charge in [-0.25, -0.2) is 9.97 Å². The van der Waals surface area contributed by atoms with Crippen LogP contribution in [0.2, 0.25) is 0 Å². The highest BCUT2D eigenvalue weighted by atomic mass is 32.1. The topological polar surface area (TPSA) is 60.2 Å². The van der Waals surface area contributed by atoms with E-state index in [2.05, 4.69) is 32.8 Å². The van der Waals surface area contributed by atoms with Crippen LogP contribution in [0.1, 0.15) is 25.7 Å². The zero-order valence-electron chi connectivity index (χ0n) is 15.1. The van der Waals surface area contributed by atoms with E-state index in [-0.39, 0.29) is 6.10 Å². The van der Waals surface area contributed by atoms with Gasteiger partial charge in [0.1, 0.15) is 28.6 Å². The Morgan fingerprint density at radius 3 is 2.81 bits per heavy atom. The summed E-state index contributed by atoms with van der Waals surface area (Å²) in [6.07, 6.45) is 6.15. The Hall–Kier alpha value is -2.44. The Morgan fingerprint density at radius 2 is 2.00 bits per heavy atom. The van der Waals surface area contributed by atoms with Gasteiger partial charge in [0, 0.05) is 22.4 Å². The van der Waals surface area contributed by atoms with Crippen LogP contribution in [0.3, 0.4) is 0 Å². The number of nitrogens with one attached hydrogen (secondary N) is 1. The minimum absolute atomic E-state index is 0.205. The van der Waals surface area contributed by atoms with E-state index in [1.54, 1.807) is 17.7 Å². The van der Waals surface area contributed by atoms with Crippen molar-refractivity contribution in [3.8, 4) is 17.2 Å². The molecule has 138 valence electrons. The van der Waals surface area contributed by atoms with Crippen LogP contribution in [0.5, 0.6) is 5.88 Å². The molecule has 5 rings (SSSR count). The number of benzene rings is 1. The third kappa shape index (κ3) is 3.09. The van der Waals surface area contributed by atoms with Gasteiger partial charge >= 0.3 is 0 Å². The average Bonchev–Trinajstić information content (AvgIpc) is 3.33. The molecule has 1 aliphatic carbocycles. The summed E-state index contributed by atoms with van der Waals surface area (Å²) in [7, 11) is 2.03. The molecule has 27 heavy (non-hydrogen) atoms. The highest BCUT2D eigenvalue weighted by molar-refractivity contribution is 7.17. The molecule has 6 heteroatoms. The van der Waals surface area contributed by atoms with E-state index >= 15 is 0 Å². The number of furan rings is 1. The first-order chi connectivity index (χ1) is 13.3. The summed E-state index contributed by atoms with van der Waals surface area (Å²) < 4.78 is 12.4. The molecular formula is C21H21N3O2S. The summed E-state index contributed by atoms with van der Waals surface area (Å²) in [5.74, 6) is 1.51. The fourth-order valence-electron chi connectivity index (χ4n) is 3.86. The zero-order chi connectivity index (χ0) is 18.2. The smallest absolute Gasteiger partial charge is 0.226 e. The molecule has 3 heterocycles. The molecule has 1 fully saturated rings. The highest BCUT2D eigenvalue weighted by Crippen LogP contribution is 2.40. The molecule has 0 amide bonds. The van der Waals surface area contributed by atoms with Crippen LogP contribution in [0.4, 0.5) is 0 Å². The third-order valence-corrected chi connectivity index (χ3v) is 6.27. The number of para-hydroxylation sites is 1. The molecule has 0 saturated heterocycles. The Kier molecular flexibility index (Phi) is 4.30. The molecule has 0 spiro atoms. The molecule has 0 bridgehead atoms. The maximum atomic E-state index is 6.34. The van der Waals surface area contributed by atoms with Crippen LogP contribution in [-0.2, 0) is 0 Å². The maximum Gasteiger partial charge on any atom is 0.226 e. The molecule has 0 unspecified atom stereocenters. The molecule has 1 aliphatic rings. The largest absolute Gasteiger partial charge is 0.474 e. The Labute approximate surface area is 161 Å². The first-order valence-corrected chi connectivity index (χ1v) is 10.2. The van der Waals surface area contributed by atoms with E-state index in [4.69, 9.17) is 9.15 Å². The fraction of sp³-hybridized carbons (Fsp3) is 0.333. The second-order valence-electron chi connectivity index (χ2n) is 7.04. The third-order valence-electron chi connectivity index (χ3n) is 5.39. The van der Waals surface area contributed by atoms with Crippen LogP contribution in [-0.4, -0.2) is 29.2 Å². The molecule has 1 saturated carbocycles. The van der Waals surface area contributed by atoms with Crippen LogP contribution in [0.15, 0.2) is 46.5 Å². The normalized spacial score (nSPS) is 20.3.